The molecule has 1 saturated heterocycles. The molecule has 3 aromatic carbocycles. The van der Waals surface area contributed by atoms with E-state index < -0.39 is 0 Å². The van der Waals surface area contributed by atoms with Crippen LogP contribution < -0.4 is 9.64 Å². The molecule has 0 unspecified atom stereocenters. The zero-order valence-corrected chi connectivity index (χ0v) is 21.0. The van der Waals surface area contributed by atoms with Crippen molar-refractivity contribution in [3.05, 3.63) is 101 Å². The zero-order chi connectivity index (χ0) is 24.4. The summed E-state index contributed by atoms with van der Waals surface area (Å²) in [7, 11) is 1.64. The number of aromatic nitrogens is 2. The molecule has 5 rings (SSSR count). The monoisotopic (exact) mass is 497 g/mol. The first-order valence-electron chi connectivity index (χ1n) is 11.2. The molecule has 0 spiro atoms. The van der Waals surface area contributed by atoms with Gasteiger partial charge in [-0.2, -0.15) is 5.10 Å². The number of hydrogen-bond donors (Lipinski definition) is 0. The minimum atomic E-state index is -0.117. The first-order valence-corrected chi connectivity index (χ1v) is 12.5. The Balaban J connectivity index is 1.58. The number of nitrogens with zero attached hydrogens (tertiary/aromatic N) is 3. The number of anilines is 1. The number of ether oxygens (including phenoxy) is 1. The zero-order valence-electron chi connectivity index (χ0n) is 19.3. The second kappa shape index (κ2) is 9.90. The first kappa shape index (κ1) is 23.1. The van der Waals surface area contributed by atoms with Crippen LogP contribution in [-0.4, -0.2) is 27.1 Å². The molecule has 0 radical (unpaired) electrons. The summed E-state index contributed by atoms with van der Waals surface area (Å²) in [6.45, 7) is 2.07. The highest BCUT2D eigenvalue weighted by atomic mass is 32.2. The van der Waals surface area contributed by atoms with Gasteiger partial charge in [-0.25, -0.2) is 4.68 Å². The molecule has 2 heterocycles. The fraction of sp³-hybridized carbons (Fsp3) is 0.107. The van der Waals surface area contributed by atoms with Crippen molar-refractivity contribution >= 4 is 46.0 Å². The Hall–Kier alpha value is -3.68. The molecular weight excluding hydrogens is 474 g/mol. The number of thiocarbonyl (C=S) groups is 1. The average molecular weight is 498 g/mol. The van der Waals surface area contributed by atoms with Crippen LogP contribution in [0.1, 0.15) is 18.1 Å². The molecule has 7 heteroatoms. The molecule has 174 valence electrons. The summed E-state index contributed by atoms with van der Waals surface area (Å²) in [6, 6.07) is 25.5. The molecule has 1 aliphatic rings. The number of rotatable bonds is 6. The number of benzene rings is 3. The fourth-order valence-corrected chi connectivity index (χ4v) is 5.30. The number of amides is 1. The van der Waals surface area contributed by atoms with Crippen LogP contribution in [0.25, 0.3) is 23.0 Å². The van der Waals surface area contributed by atoms with E-state index in [1.165, 1.54) is 11.8 Å². The van der Waals surface area contributed by atoms with Crippen LogP contribution in [0.5, 0.6) is 5.75 Å². The van der Waals surface area contributed by atoms with Gasteiger partial charge in [0.15, 0.2) is 4.32 Å². The maximum absolute atomic E-state index is 13.5. The Kier molecular flexibility index (Phi) is 6.53. The average Bonchev–Trinajstić information content (AvgIpc) is 3.44. The molecule has 1 amide bonds. The van der Waals surface area contributed by atoms with Crippen molar-refractivity contribution in [2.45, 2.75) is 13.3 Å². The van der Waals surface area contributed by atoms with Crippen LogP contribution in [-0.2, 0) is 11.2 Å². The Morgan fingerprint density at radius 1 is 1.00 bits per heavy atom. The lowest BCUT2D eigenvalue weighted by Gasteiger charge is -2.18. The van der Waals surface area contributed by atoms with Gasteiger partial charge >= 0.3 is 0 Å². The van der Waals surface area contributed by atoms with E-state index in [4.69, 9.17) is 22.1 Å². The number of para-hydroxylation sites is 2. The standard InChI is InChI=1S/C28H23N3O2S2/c1-3-19-9-7-8-12-24(19)31-27(32)25(35-28(31)34)17-21-18-30(22-10-5-4-6-11-22)29-26(21)20-13-15-23(33-2)16-14-20/h4-18H,3H2,1-2H3/b25-17-. The van der Waals surface area contributed by atoms with E-state index in [1.807, 2.05) is 95.8 Å². The van der Waals surface area contributed by atoms with Crippen molar-refractivity contribution in [1.29, 1.82) is 0 Å². The van der Waals surface area contributed by atoms with Crippen molar-refractivity contribution in [2.24, 2.45) is 0 Å². The van der Waals surface area contributed by atoms with Crippen molar-refractivity contribution in [3.8, 4) is 22.7 Å². The lowest BCUT2D eigenvalue weighted by molar-refractivity contribution is -0.113. The maximum atomic E-state index is 13.5. The highest BCUT2D eigenvalue weighted by Gasteiger charge is 2.34. The number of carbonyl (C=O) groups is 1. The van der Waals surface area contributed by atoms with Gasteiger partial charge in [0.1, 0.15) is 5.75 Å². The van der Waals surface area contributed by atoms with E-state index in [0.717, 1.165) is 45.9 Å². The Bertz CT molecular complexity index is 1430. The van der Waals surface area contributed by atoms with E-state index in [-0.39, 0.29) is 5.91 Å². The molecular formula is C28H23N3O2S2. The van der Waals surface area contributed by atoms with Crippen LogP contribution in [0.4, 0.5) is 5.69 Å². The molecule has 1 aromatic heterocycles. The lowest BCUT2D eigenvalue weighted by Crippen LogP contribution is -2.28. The fourth-order valence-electron chi connectivity index (χ4n) is 4.02. The predicted octanol–water partition coefficient (Wildman–Crippen LogP) is 6.52. The normalized spacial score (nSPS) is 14.7. The molecule has 0 saturated carbocycles. The van der Waals surface area contributed by atoms with Crippen molar-refractivity contribution in [2.75, 3.05) is 12.0 Å². The summed E-state index contributed by atoms with van der Waals surface area (Å²) in [5.41, 5.74) is 5.40. The van der Waals surface area contributed by atoms with Gasteiger partial charge in [-0.1, -0.05) is 67.3 Å². The summed E-state index contributed by atoms with van der Waals surface area (Å²) in [6.07, 6.45) is 4.65. The molecule has 4 aromatic rings. The molecule has 0 aliphatic carbocycles. The first-order chi connectivity index (χ1) is 17.1. The molecule has 5 nitrogen and oxygen atoms in total. The quantitative estimate of drug-likeness (QED) is 0.224. The highest BCUT2D eigenvalue weighted by molar-refractivity contribution is 8.27. The van der Waals surface area contributed by atoms with Gasteiger partial charge in [-0.15, -0.1) is 0 Å². The maximum Gasteiger partial charge on any atom is 0.270 e. The number of aryl methyl sites for hydroxylation is 1. The Morgan fingerprint density at radius 2 is 1.71 bits per heavy atom. The third-order valence-electron chi connectivity index (χ3n) is 5.82. The van der Waals surface area contributed by atoms with Gasteiger partial charge in [0, 0.05) is 17.3 Å². The van der Waals surface area contributed by atoms with Gasteiger partial charge in [-0.3, -0.25) is 9.69 Å². The third kappa shape index (κ3) is 4.52. The topological polar surface area (TPSA) is 47.4 Å². The summed E-state index contributed by atoms with van der Waals surface area (Å²) < 4.78 is 7.67. The smallest absolute Gasteiger partial charge is 0.270 e. The molecule has 1 fully saturated rings. The lowest BCUT2D eigenvalue weighted by atomic mass is 10.1. The Morgan fingerprint density at radius 3 is 2.43 bits per heavy atom. The van der Waals surface area contributed by atoms with E-state index >= 15 is 0 Å². The van der Waals surface area contributed by atoms with Gasteiger partial charge in [0.2, 0.25) is 0 Å². The minimum Gasteiger partial charge on any atom is -0.497 e. The van der Waals surface area contributed by atoms with Crippen molar-refractivity contribution in [1.82, 2.24) is 9.78 Å². The van der Waals surface area contributed by atoms with E-state index in [0.29, 0.717) is 9.23 Å². The Labute approximate surface area is 214 Å². The summed E-state index contributed by atoms with van der Waals surface area (Å²) in [5, 5.41) is 4.86. The van der Waals surface area contributed by atoms with E-state index in [1.54, 1.807) is 12.0 Å². The van der Waals surface area contributed by atoms with Crippen LogP contribution in [0.2, 0.25) is 0 Å². The van der Waals surface area contributed by atoms with E-state index in [2.05, 4.69) is 6.92 Å². The van der Waals surface area contributed by atoms with Crippen molar-refractivity contribution < 1.29 is 9.53 Å². The van der Waals surface area contributed by atoms with Gasteiger partial charge in [0.05, 0.1) is 29.1 Å². The molecule has 1 aliphatic heterocycles. The van der Waals surface area contributed by atoms with Crippen LogP contribution in [0.3, 0.4) is 0 Å². The molecule has 35 heavy (non-hydrogen) atoms. The summed E-state index contributed by atoms with van der Waals surface area (Å²) in [5.74, 6) is 0.655. The highest BCUT2D eigenvalue weighted by Crippen LogP contribution is 2.38. The molecule has 0 N–H and O–H groups in total. The number of thioether (sulfide) groups is 1. The summed E-state index contributed by atoms with van der Waals surface area (Å²) >= 11 is 6.95. The number of methoxy groups -OCH3 is 1. The molecule has 0 bridgehead atoms. The molecule has 0 atom stereocenters. The largest absolute Gasteiger partial charge is 0.497 e. The third-order valence-corrected chi connectivity index (χ3v) is 7.12. The van der Waals surface area contributed by atoms with Crippen LogP contribution in [0, 0.1) is 0 Å². The number of hydrogen-bond acceptors (Lipinski definition) is 5. The van der Waals surface area contributed by atoms with E-state index in [9.17, 15) is 4.79 Å². The van der Waals surface area contributed by atoms with Crippen molar-refractivity contribution in [3.63, 3.8) is 0 Å². The van der Waals surface area contributed by atoms with Gasteiger partial charge < -0.3 is 4.74 Å². The summed E-state index contributed by atoms with van der Waals surface area (Å²) in [4.78, 5) is 15.7. The van der Waals surface area contributed by atoms with Gasteiger partial charge in [0.25, 0.3) is 5.91 Å². The SMILES string of the molecule is CCc1ccccc1N1C(=O)/C(=C/c2cn(-c3ccccc3)nc2-c2ccc(OC)cc2)SC1=S. The number of carbonyl (C=O) groups excluding carboxylic acids is 1. The second-order valence-corrected chi connectivity index (χ2v) is 9.62. The van der Waals surface area contributed by atoms with Crippen LogP contribution >= 0.6 is 24.0 Å². The minimum absolute atomic E-state index is 0.117. The predicted molar refractivity (Wildman–Crippen MR) is 147 cm³/mol. The second-order valence-electron chi connectivity index (χ2n) is 7.94. The van der Waals surface area contributed by atoms with Gasteiger partial charge in [-0.05, 0) is 60.5 Å². The van der Waals surface area contributed by atoms with Crippen LogP contribution in [0.15, 0.2) is 90.0 Å².